The Bertz CT molecular complexity index is 711. The third kappa shape index (κ3) is 3.34. The number of sulfonamides is 1. The SMILES string of the molecule is CNc1nc2ccccn2c1S(=O)(=O)NCC(C)COC. The zero-order chi connectivity index (χ0) is 15.5. The van der Waals surface area contributed by atoms with Crippen molar-refractivity contribution in [2.45, 2.75) is 11.9 Å². The lowest BCUT2D eigenvalue weighted by molar-refractivity contribution is 0.161. The predicted molar refractivity (Wildman–Crippen MR) is 81.0 cm³/mol. The van der Waals surface area contributed by atoms with Gasteiger partial charge in [0.25, 0.3) is 10.0 Å². The van der Waals surface area contributed by atoms with Gasteiger partial charge in [-0.05, 0) is 18.1 Å². The highest BCUT2D eigenvalue weighted by molar-refractivity contribution is 7.89. The van der Waals surface area contributed by atoms with Crippen LogP contribution in [-0.2, 0) is 14.8 Å². The van der Waals surface area contributed by atoms with Gasteiger partial charge in [0.15, 0.2) is 10.8 Å². The molecular formula is C13H20N4O3S. The Hall–Kier alpha value is -1.64. The molecule has 1 unspecified atom stereocenters. The second-order valence-electron chi connectivity index (χ2n) is 4.86. The average Bonchev–Trinajstić information content (AvgIpc) is 2.85. The Balaban J connectivity index is 2.35. The smallest absolute Gasteiger partial charge is 0.260 e. The number of nitrogens with one attached hydrogen (secondary N) is 2. The molecule has 0 radical (unpaired) electrons. The van der Waals surface area contributed by atoms with Crippen LogP contribution in [0.2, 0.25) is 0 Å². The molecular weight excluding hydrogens is 292 g/mol. The number of rotatable bonds is 7. The van der Waals surface area contributed by atoms with Gasteiger partial charge in [-0.2, -0.15) is 0 Å². The molecule has 2 rings (SSSR count). The summed E-state index contributed by atoms with van der Waals surface area (Å²) in [6, 6.07) is 5.33. The van der Waals surface area contributed by atoms with Gasteiger partial charge in [-0.1, -0.05) is 13.0 Å². The molecule has 0 amide bonds. The normalized spacial score (nSPS) is 13.5. The third-order valence-corrected chi connectivity index (χ3v) is 4.50. The highest BCUT2D eigenvalue weighted by Gasteiger charge is 2.24. The Kier molecular flexibility index (Phi) is 4.81. The van der Waals surface area contributed by atoms with Crippen LogP contribution < -0.4 is 10.0 Å². The van der Waals surface area contributed by atoms with E-state index in [1.165, 1.54) is 0 Å². The first-order valence-corrected chi connectivity index (χ1v) is 8.11. The summed E-state index contributed by atoms with van der Waals surface area (Å²) in [5, 5.41) is 2.94. The Morgan fingerprint density at radius 3 is 2.86 bits per heavy atom. The Labute approximate surface area is 124 Å². The second kappa shape index (κ2) is 6.42. The number of anilines is 1. The van der Waals surface area contributed by atoms with Gasteiger partial charge in [0, 0.05) is 33.5 Å². The molecule has 8 heteroatoms. The van der Waals surface area contributed by atoms with Gasteiger partial charge >= 0.3 is 0 Å². The molecule has 21 heavy (non-hydrogen) atoms. The number of nitrogens with zero attached hydrogens (tertiary/aromatic N) is 2. The highest BCUT2D eigenvalue weighted by atomic mass is 32.2. The van der Waals surface area contributed by atoms with Crippen LogP contribution in [0.1, 0.15) is 6.92 Å². The largest absolute Gasteiger partial charge is 0.384 e. The lowest BCUT2D eigenvalue weighted by atomic mass is 10.2. The molecule has 0 aliphatic carbocycles. The Morgan fingerprint density at radius 1 is 1.43 bits per heavy atom. The minimum atomic E-state index is -3.67. The van der Waals surface area contributed by atoms with Crippen molar-refractivity contribution >= 4 is 21.5 Å². The zero-order valence-corrected chi connectivity index (χ0v) is 13.1. The molecule has 0 aliphatic heterocycles. The van der Waals surface area contributed by atoms with Crippen molar-refractivity contribution in [2.24, 2.45) is 5.92 Å². The summed E-state index contributed by atoms with van der Waals surface area (Å²) in [6.45, 7) is 2.72. The van der Waals surface area contributed by atoms with Crippen molar-refractivity contribution in [3.63, 3.8) is 0 Å². The zero-order valence-electron chi connectivity index (χ0n) is 12.3. The van der Waals surface area contributed by atoms with E-state index < -0.39 is 10.0 Å². The molecule has 0 aliphatic rings. The number of fused-ring (bicyclic) bond motifs is 1. The maximum atomic E-state index is 12.5. The molecule has 0 spiro atoms. The fourth-order valence-electron chi connectivity index (χ4n) is 2.06. The predicted octanol–water partition coefficient (Wildman–Crippen LogP) is 0.937. The van der Waals surface area contributed by atoms with E-state index in [1.54, 1.807) is 36.9 Å². The molecule has 2 aromatic heterocycles. The van der Waals surface area contributed by atoms with Gasteiger partial charge < -0.3 is 10.1 Å². The first kappa shape index (κ1) is 15.7. The maximum absolute atomic E-state index is 12.5. The minimum absolute atomic E-state index is 0.0852. The minimum Gasteiger partial charge on any atom is -0.384 e. The third-order valence-electron chi connectivity index (χ3n) is 3.05. The number of hydrogen-bond acceptors (Lipinski definition) is 5. The molecule has 2 heterocycles. The highest BCUT2D eigenvalue weighted by Crippen LogP contribution is 2.22. The molecule has 0 bridgehead atoms. The molecule has 7 nitrogen and oxygen atoms in total. The summed E-state index contributed by atoms with van der Waals surface area (Å²) in [6.07, 6.45) is 1.68. The number of pyridine rings is 1. The number of imidazole rings is 1. The lowest BCUT2D eigenvalue weighted by Gasteiger charge is -2.12. The van der Waals surface area contributed by atoms with Crippen molar-refractivity contribution < 1.29 is 13.2 Å². The second-order valence-corrected chi connectivity index (χ2v) is 6.54. The number of ether oxygens (including phenoxy) is 1. The first-order chi connectivity index (χ1) is 9.99. The van der Waals surface area contributed by atoms with Gasteiger partial charge in [0.2, 0.25) is 0 Å². The van der Waals surface area contributed by atoms with E-state index in [-0.39, 0.29) is 10.9 Å². The van der Waals surface area contributed by atoms with E-state index >= 15 is 0 Å². The molecule has 0 saturated carbocycles. The lowest BCUT2D eigenvalue weighted by Crippen LogP contribution is -2.31. The van der Waals surface area contributed by atoms with Gasteiger partial charge in [-0.3, -0.25) is 4.40 Å². The summed E-state index contributed by atoms with van der Waals surface area (Å²) >= 11 is 0. The number of methoxy groups -OCH3 is 1. The molecule has 1 atom stereocenters. The van der Waals surface area contributed by atoms with Crippen LogP contribution in [0, 0.1) is 5.92 Å². The van der Waals surface area contributed by atoms with Crippen molar-refractivity contribution in [2.75, 3.05) is 32.6 Å². The maximum Gasteiger partial charge on any atom is 0.260 e. The average molecular weight is 312 g/mol. The number of hydrogen-bond donors (Lipinski definition) is 2. The van der Waals surface area contributed by atoms with Gasteiger partial charge in [0.05, 0.1) is 0 Å². The van der Waals surface area contributed by atoms with Crippen LogP contribution >= 0.6 is 0 Å². The molecule has 116 valence electrons. The molecule has 2 N–H and O–H groups in total. The van der Waals surface area contributed by atoms with Crippen LogP contribution in [0.3, 0.4) is 0 Å². The fourth-order valence-corrected chi connectivity index (χ4v) is 3.51. The van der Waals surface area contributed by atoms with Gasteiger partial charge in [-0.25, -0.2) is 18.1 Å². The van der Waals surface area contributed by atoms with E-state index in [4.69, 9.17) is 4.74 Å². The molecule has 0 saturated heterocycles. The van der Waals surface area contributed by atoms with Gasteiger partial charge in [-0.15, -0.1) is 0 Å². The van der Waals surface area contributed by atoms with E-state index in [9.17, 15) is 8.42 Å². The first-order valence-electron chi connectivity index (χ1n) is 6.63. The summed E-state index contributed by atoms with van der Waals surface area (Å²) in [4.78, 5) is 4.27. The van der Waals surface area contributed by atoms with Crippen LogP contribution in [0.25, 0.3) is 5.65 Å². The van der Waals surface area contributed by atoms with Crippen molar-refractivity contribution in [3.8, 4) is 0 Å². The van der Waals surface area contributed by atoms with Crippen LogP contribution in [0.4, 0.5) is 5.82 Å². The Morgan fingerprint density at radius 2 is 2.19 bits per heavy atom. The summed E-state index contributed by atoms with van der Waals surface area (Å²) in [7, 11) is -0.428. The molecule has 2 aromatic rings. The molecule has 0 fully saturated rings. The van der Waals surface area contributed by atoms with E-state index in [0.29, 0.717) is 24.6 Å². The van der Waals surface area contributed by atoms with Crippen molar-refractivity contribution in [3.05, 3.63) is 24.4 Å². The van der Waals surface area contributed by atoms with Crippen LogP contribution in [0.15, 0.2) is 29.4 Å². The van der Waals surface area contributed by atoms with E-state index in [2.05, 4.69) is 15.0 Å². The summed E-state index contributed by atoms with van der Waals surface area (Å²) in [5.74, 6) is 0.412. The van der Waals surface area contributed by atoms with Crippen LogP contribution in [-0.4, -0.2) is 45.1 Å². The molecule has 0 aromatic carbocycles. The standard InChI is InChI=1S/C13H20N4O3S/c1-10(9-20-3)8-15-21(18,19)13-12(14-2)16-11-6-4-5-7-17(11)13/h4-7,10,14-15H,8-9H2,1-3H3. The monoisotopic (exact) mass is 312 g/mol. The van der Waals surface area contributed by atoms with E-state index in [1.807, 2.05) is 13.0 Å². The summed E-state index contributed by atoms with van der Waals surface area (Å²) in [5.41, 5.74) is 0.576. The van der Waals surface area contributed by atoms with E-state index in [0.717, 1.165) is 0 Å². The topological polar surface area (TPSA) is 84.7 Å². The van der Waals surface area contributed by atoms with Gasteiger partial charge in [0.1, 0.15) is 5.65 Å². The van der Waals surface area contributed by atoms with Crippen molar-refractivity contribution in [1.82, 2.24) is 14.1 Å². The summed E-state index contributed by atoms with van der Waals surface area (Å²) < 4.78 is 34.3. The van der Waals surface area contributed by atoms with Crippen molar-refractivity contribution in [1.29, 1.82) is 0 Å². The fraction of sp³-hybridized carbons (Fsp3) is 0.462. The van der Waals surface area contributed by atoms with Crippen LogP contribution in [0.5, 0.6) is 0 Å². The quantitative estimate of drug-likeness (QED) is 0.795. The number of aromatic nitrogens is 2.